The van der Waals surface area contributed by atoms with E-state index in [4.69, 9.17) is 34.8 Å². The SMILES string of the molecule is CC(=O)Nc1cc(Nc2ncnc(N3CCN(c4cccc(Cl)c4Cl)CC3)n2)ccc1Cl. The first kappa shape index (κ1) is 22.4. The first-order chi connectivity index (χ1) is 15.4. The maximum atomic E-state index is 11.4. The smallest absolute Gasteiger partial charge is 0.231 e. The van der Waals surface area contributed by atoms with Gasteiger partial charge in [0.1, 0.15) is 6.33 Å². The average Bonchev–Trinajstić information content (AvgIpc) is 2.78. The summed E-state index contributed by atoms with van der Waals surface area (Å²) in [5.41, 5.74) is 2.12. The molecule has 11 heteroatoms. The molecular formula is C21H20Cl3N7O. The molecule has 2 heterocycles. The molecule has 0 aliphatic carbocycles. The predicted octanol–water partition coefficient (Wildman–Crippen LogP) is 4.86. The second-order valence-electron chi connectivity index (χ2n) is 7.16. The van der Waals surface area contributed by atoms with Crippen molar-refractivity contribution in [2.45, 2.75) is 6.92 Å². The summed E-state index contributed by atoms with van der Waals surface area (Å²) in [7, 11) is 0. The lowest BCUT2D eigenvalue weighted by atomic mass is 10.2. The summed E-state index contributed by atoms with van der Waals surface area (Å²) in [6.45, 7) is 4.38. The van der Waals surface area contributed by atoms with E-state index in [1.807, 2.05) is 12.1 Å². The van der Waals surface area contributed by atoms with Crippen LogP contribution in [0.2, 0.25) is 15.1 Å². The fourth-order valence-corrected chi connectivity index (χ4v) is 3.98. The van der Waals surface area contributed by atoms with Gasteiger partial charge in [0.2, 0.25) is 17.8 Å². The van der Waals surface area contributed by atoms with Gasteiger partial charge >= 0.3 is 0 Å². The number of carbonyl (C=O) groups is 1. The molecule has 1 aliphatic heterocycles. The predicted molar refractivity (Wildman–Crippen MR) is 130 cm³/mol. The van der Waals surface area contributed by atoms with Crippen molar-refractivity contribution >= 4 is 69.7 Å². The molecule has 1 fully saturated rings. The molecule has 3 aromatic rings. The number of hydrogen-bond donors (Lipinski definition) is 2. The van der Waals surface area contributed by atoms with Gasteiger partial charge in [-0.2, -0.15) is 4.98 Å². The summed E-state index contributed by atoms with van der Waals surface area (Å²) in [5.74, 6) is 0.770. The molecule has 4 rings (SSSR count). The fourth-order valence-electron chi connectivity index (χ4n) is 3.40. The van der Waals surface area contributed by atoms with Crippen molar-refractivity contribution in [3.05, 3.63) is 57.8 Å². The number of piperazine rings is 1. The largest absolute Gasteiger partial charge is 0.367 e. The Balaban J connectivity index is 1.44. The van der Waals surface area contributed by atoms with Crippen molar-refractivity contribution in [1.29, 1.82) is 0 Å². The van der Waals surface area contributed by atoms with Crippen LogP contribution in [0.15, 0.2) is 42.7 Å². The molecule has 1 aromatic heterocycles. The second-order valence-corrected chi connectivity index (χ2v) is 8.35. The van der Waals surface area contributed by atoms with Crippen LogP contribution in [-0.2, 0) is 4.79 Å². The highest BCUT2D eigenvalue weighted by Gasteiger charge is 2.22. The van der Waals surface area contributed by atoms with Crippen molar-refractivity contribution in [1.82, 2.24) is 15.0 Å². The topological polar surface area (TPSA) is 86.3 Å². The standard InChI is InChI=1S/C21H20Cl3N7O/c1-13(32)27-17-11-14(5-6-15(17)22)28-20-25-12-26-21(29-20)31-9-7-30(8-10-31)18-4-2-3-16(23)19(18)24/h2-6,11-12H,7-10H2,1H3,(H,27,32)(H,25,26,28,29). The monoisotopic (exact) mass is 491 g/mol. The third kappa shape index (κ3) is 5.15. The highest BCUT2D eigenvalue weighted by Crippen LogP contribution is 2.33. The van der Waals surface area contributed by atoms with Gasteiger partial charge in [0.05, 0.1) is 26.4 Å². The van der Waals surface area contributed by atoms with E-state index in [0.717, 1.165) is 31.9 Å². The number of anilines is 5. The Morgan fingerprint density at radius 1 is 0.969 bits per heavy atom. The van der Waals surface area contributed by atoms with Gasteiger partial charge in [0.15, 0.2) is 0 Å². The maximum Gasteiger partial charge on any atom is 0.231 e. The van der Waals surface area contributed by atoms with Crippen LogP contribution < -0.4 is 20.4 Å². The van der Waals surface area contributed by atoms with Crippen molar-refractivity contribution in [3.63, 3.8) is 0 Å². The summed E-state index contributed by atoms with van der Waals surface area (Å²) < 4.78 is 0. The molecule has 0 saturated carbocycles. The minimum absolute atomic E-state index is 0.204. The Kier molecular flexibility index (Phi) is 6.83. The number of nitrogens with zero attached hydrogens (tertiary/aromatic N) is 5. The Hall–Kier alpha value is -2.81. The molecule has 2 aromatic carbocycles. The van der Waals surface area contributed by atoms with Gasteiger partial charge in [-0.25, -0.2) is 9.97 Å². The molecule has 0 radical (unpaired) electrons. The summed E-state index contributed by atoms with van der Waals surface area (Å²) >= 11 is 18.7. The van der Waals surface area contributed by atoms with Gasteiger partial charge in [-0.05, 0) is 30.3 Å². The van der Waals surface area contributed by atoms with Crippen molar-refractivity contribution in [2.24, 2.45) is 0 Å². The van der Waals surface area contributed by atoms with Crippen LogP contribution in [0.5, 0.6) is 0 Å². The Bertz CT molecular complexity index is 1140. The Morgan fingerprint density at radius 2 is 1.72 bits per heavy atom. The van der Waals surface area contributed by atoms with Gasteiger partial charge in [-0.3, -0.25) is 4.79 Å². The molecular weight excluding hydrogens is 473 g/mol. The van der Waals surface area contributed by atoms with E-state index < -0.39 is 0 Å². The number of benzene rings is 2. The normalized spacial score (nSPS) is 13.8. The average molecular weight is 493 g/mol. The number of halogens is 3. The summed E-state index contributed by atoms with van der Waals surface area (Å²) in [6.07, 6.45) is 1.47. The van der Waals surface area contributed by atoms with E-state index >= 15 is 0 Å². The molecule has 1 amide bonds. The Labute approximate surface area is 200 Å². The van der Waals surface area contributed by atoms with Crippen LogP contribution in [0.1, 0.15) is 6.92 Å². The molecule has 0 spiro atoms. The fraction of sp³-hybridized carbons (Fsp3) is 0.238. The summed E-state index contributed by atoms with van der Waals surface area (Å²) in [5, 5.41) is 7.38. The van der Waals surface area contributed by atoms with E-state index in [9.17, 15) is 4.79 Å². The number of amides is 1. The van der Waals surface area contributed by atoms with E-state index in [1.165, 1.54) is 13.3 Å². The molecule has 0 bridgehead atoms. The van der Waals surface area contributed by atoms with E-state index in [1.54, 1.807) is 24.3 Å². The number of nitrogens with one attached hydrogen (secondary N) is 2. The minimum Gasteiger partial charge on any atom is -0.367 e. The quantitative estimate of drug-likeness (QED) is 0.526. The maximum absolute atomic E-state index is 11.4. The third-order valence-electron chi connectivity index (χ3n) is 4.93. The van der Waals surface area contributed by atoms with Gasteiger partial charge in [0, 0.05) is 38.8 Å². The van der Waals surface area contributed by atoms with Crippen LogP contribution in [0, 0.1) is 0 Å². The number of rotatable bonds is 5. The first-order valence-electron chi connectivity index (χ1n) is 9.88. The number of carbonyl (C=O) groups excluding carboxylic acids is 1. The van der Waals surface area contributed by atoms with E-state index in [-0.39, 0.29) is 5.91 Å². The zero-order valence-electron chi connectivity index (χ0n) is 17.1. The third-order valence-corrected chi connectivity index (χ3v) is 6.07. The van der Waals surface area contributed by atoms with Gasteiger partial charge in [0.25, 0.3) is 0 Å². The van der Waals surface area contributed by atoms with Crippen LogP contribution in [0.25, 0.3) is 0 Å². The minimum atomic E-state index is -0.204. The number of hydrogen-bond acceptors (Lipinski definition) is 7. The summed E-state index contributed by atoms with van der Waals surface area (Å²) in [4.78, 5) is 28.7. The van der Waals surface area contributed by atoms with Crippen LogP contribution in [0.3, 0.4) is 0 Å². The molecule has 166 valence electrons. The lowest BCUT2D eigenvalue weighted by Crippen LogP contribution is -2.47. The lowest BCUT2D eigenvalue weighted by molar-refractivity contribution is -0.114. The van der Waals surface area contributed by atoms with Crippen molar-refractivity contribution in [3.8, 4) is 0 Å². The Morgan fingerprint density at radius 3 is 2.47 bits per heavy atom. The van der Waals surface area contributed by atoms with Crippen LogP contribution >= 0.6 is 34.8 Å². The first-order valence-corrected chi connectivity index (χ1v) is 11.0. The molecule has 32 heavy (non-hydrogen) atoms. The lowest BCUT2D eigenvalue weighted by Gasteiger charge is -2.36. The molecule has 0 unspecified atom stereocenters. The second kappa shape index (κ2) is 9.77. The van der Waals surface area contributed by atoms with Crippen molar-refractivity contribution in [2.75, 3.05) is 46.6 Å². The molecule has 0 atom stereocenters. The molecule has 1 saturated heterocycles. The highest BCUT2D eigenvalue weighted by atomic mass is 35.5. The zero-order valence-corrected chi connectivity index (χ0v) is 19.4. The highest BCUT2D eigenvalue weighted by molar-refractivity contribution is 6.43. The van der Waals surface area contributed by atoms with E-state index in [2.05, 4.69) is 35.4 Å². The van der Waals surface area contributed by atoms with E-state index in [0.29, 0.717) is 38.3 Å². The van der Waals surface area contributed by atoms with Gasteiger partial charge in [-0.1, -0.05) is 40.9 Å². The van der Waals surface area contributed by atoms with Gasteiger partial charge < -0.3 is 20.4 Å². The molecule has 2 N–H and O–H groups in total. The summed E-state index contributed by atoms with van der Waals surface area (Å²) in [6, 6.07) is 10.8. The molecule has 1 aliphatic rings. The zero-order chi connectivity index (χ0) is 22.7. The van der Waals surface area contributed by atoms with Crippen LogP contribution in [-0.4, -0.2) is 47.0 Å². The van der Waals surface area contributed by atoms with Crippen LogP contribution in [0.4, 0.5) is 29.0 Å². The van der Waals surface area contributed by atoms with Crippen molar-refractivity contribution < 1.29 is 4.79 Å². The molecule has 8 nitrogen and oxygen atoms in total. The van der Waals surface area contributed by atoms with Gasteiger partial charge in [-0.15, -0.1) is 0 Å². The number of aromatic nitrogens is 3.